The van der Waals surface area contributed by atoms with E-state index in [1.54, 1.807) is 4.90 Å². The van der Waals surface area contributed by atoms with Gasteiger partial charge in [0.05, 0.1) is 13.2 Å². The molecule has 1 aromatic rings. The van der Waals surface area contributed by atoms with E-state index in [-0.39, 0.29) is 17.8 Å². The number of carbonyl (C=O) groups excluding carboxylic acids is 1. The monoisotopic (exact) mass is 305 g/mol. The van der Waals surface area contributed by atoms with Crippen LogP contribution in [0.5, 0.6) is 0 Å². The fraction of sp³-hybridized carbons (Fsp3) is 0.667. The highest BCUT2D eigenvalue weighted by atomic mass is 16.5. The third kappa shape index (κ3) is 2.91. The Hall–Kier alpha value is -1.73. The van der Waals surface area contributed by atoms with Crippen LogP contribution in [0.25, 0.3) is 0 Å². The van der Waals surface area contributed by atoms with E-state index >= 15 is 0 Å². The maximum absolute atomic E-state index is 12.6. The second kappa shape index (κ2) is 6.18. The quantitative estimate of drug-likeness (QED) is 0.834. The SMILES string of the molecule is Cc1nc(C(=O)N2CCOCC2)nc(N2CC[C@@H](N)C2)c1C. The molecule has 3 rings (SSSR count). The zero-order valence-corrected chi connectivity index (χ0v) is 13.2. The van der Waals surface area contributed by atoms with Gasteiger partial charge in [0.2, 0.25) is 5.82 Å². The molecule has 0 bridgehead atoms. The molecule has 3 heterocycles. The molecule has 1 atom stereocenters. The third-order valence-corrected chi connectivity index (χ3v) is 4.38. The first-order valence-electron chi connectivity index (χ1n) is 7.79. The lowest BCUT2D eigenvalue weighted by Gasteiger charge is -2.27. The van der Waals surface area contributed by atoms with Gasteiger partial charge in [0.1, 0.15) is 5.82 Å². The predicted molar refractivity (Wildman–Crippen MR) is 83.0 cm³/mol. The molecular formula is C15H23N5O2. The molecule has 2 fully saturated rings. The number of carbonyl (C=O) groups is 1. The summed E-state index contributed by atoms with van der Waals surface area (Å²) < 4.78 is 5.29. The van der Waals surface area contributed by atoms with Crippen LogP contribution in [-0.4, -0.2) is 66.2 Å². The van der Waals surface area contributed by atoms with Crippen molar-refractivity contribution in [3.63, 3.8) is 0 Å². The Morgan fingerprint density at radius 2 is 1.95 bits per heavy atom. The summed E-state index contributed by atoms with van der Waals surface area (Å²) >= 11 is 0. The van der Waals surface area contributed by atoms with Gasteiger partial charge in [-0.05, 0) is 20.3 Å². The average Bonchev–Trinajstić information content (AvgIpc) is 2.96. The van der Waals surface area contributed by atoms with Crippen molar-refractivity contribution in [1.29, 1.82) is 0 Å². The van der Waals surface area contributed by atoms with Gasteiger partial charge in [-0.2, -0.15) is 0 Å². The number of morpholine rings is 1. The summed E-state index contributed by atoms with van der Waals surface area (Å²) in [5.41, 5.74) is 7.86. The van der Waals surface area contributed by atoms with Crippen molar-refractivity contribution in [2.75, 3.05) is 44.3 Å². The number of anilines is 1. The number of aromatic nitrogens is 2. The molecular weight excluding hydrogens is 282 g/mol. The van der Waals surface area contributed by atoms with Crippen molar-refractivity contribution in [2.24, 2.45) is 5.73 Å². The molecule has 2 aliphatic rings. The maximum atomic E-state index is 12.6. The summed E-state index contributed by atoms with van der Waals surface area (Å²) in [5, 5.41) is 0. The molecule has 22 heavy (non-hydrogen) atoms. The van der Waals surface area contributed by atoms with E-state index in [4.69, 9.17) is 10.5 Å². The first kappa shape index (κ1) is 15.2. The first-order chi connectivity index (χ1) is 10.6. The Morgan fingerprint density at radius 1 is 1.23 bits per heavy atom. The van der Waals surface area contributed by atoms with Crippen molar-refractivity contribution in [2.45, 2.75) is 26.3 Å². The lowest BCUT2D eigenvalue weighted by Crippen LogP contribution is -2.41. The Kier molecular flexibility index (Phi) is 4.26. The molecule has 120 valence electrons. The van der Waals surface area contributed by atoms with Crippen LogP contribution in [0.4, 0.5) is 5.82 Å². The Bertz CT molecular complexity index is 571. The van der Waals surface area contributed by atoms with Crippen molar-refractivity contribution < 1.29 is 9.53 Å². The van der Waals surface area contributed by atoms with Crippen molar-refractivity contribution in [1.82, 2.24) is 14.9 Å². The molecule has 7 nitrogen and oxygen atoms in total. The summed E-state index contributed by atoms with van der Waals surface area (Å²) in [7, 11) is 0. The molecule has 2 saturated heterocycles. The van der Waals surface area contributed by atoms with Gasteiger partial charge in [-0.25, -0.2) is 9.97 Å². The van der Waals surface area contributed by atoms with Gasteiger partial charge < -0.3 is 20.3 Å². The van der Waals surface area contributed by atoms with Crippen molar-refractivity contribution >= 4 is 11.7 Å². The van der Waals surface area contributed by atoms with Crippen LogP contribution in [0.1, 0.15) is 28.3 Å². The molecule has 2 aliphatic heterocycles. The Balaban J connectivity index is 1.88. The minimum atomic E-state index is -0.115. The highest BCUT2D eigenvalue weighted by Crippen LogP contribution is 2.23. The number of ether oxygens (including phenoxy) is 1. The number of nitrogens with two attached hydrogens (primary N) is 1. The van der Waals surface area contributed by atoms with E-state index in [1.165, 1.54) is 0 Å². The molecule has 0 aromatic carbocycles. The van der Waals surface area contributed by atoms with Crippen LogP contribution >= 0.6 is 0 Å². The minimum Gasteiger partial charge on any atom is -0.378 e. The summed E-state index contributed by atoms with van der Waals surface area (Å²) in [6.45, 7) is 7.92. The predicted octanol–water partition coefficient (Wildman–Crippen LogP) is 0.103. The van der Waals surface area contributed by atoms with Crippen LogP contribution in [0.15, 0.2) is 0 Å². The molecule has 2 N–H and O–H groups in total. The van der Waals surface area contributed by atoms with Gasteiger partial charge in [0.15, 0.2) is 0 Å². The zero-order chi connectivity index (χ0) is 15.7. The molecule has 7 heteroatoms. The van der Waals surface area contributed by atoms with E-state index in [1.807, 2.05) is 13.8 Å². The summed E-state index contributed by atoms with van der Waals surface area (Å²) in [4.78, 5) is 25.5. The normalized spacial score (nSPS) is 22.2. The third-order valence-electron chi connectivity index (χ3n) is 4.38. The number of hydrogen-bond acceptors (Lipinski definition) is 6. The first-order valence-corrected chi connectivity index (χ1v) is 7.79. The topological polar surface area (TPSA) is 84.6 Å². The molecule has 0 unspecified atom stereocenters. The van der Waals surface area contributed by atoms with E-state index in [0.29, 0.717) is 26.3 Å². The van der Waals surface area contributed by atoms with Crippen LogP contribution < -0.4 is 10.6 Å². The fourth-order valence-corrected chi connectivity index (χ4v) is 2.90. The summed E-state index contributed by atoms with van der Waals surface area (Å²) in [6.07, 6.45) is 0.954. The molecule has 0 aliphatic carbocycles. The Labute approximate surface area is 130 Å². The zero-order valence-electron chi connectivity index (χ0n) is 13.2. The lowest BCUT2D eigenvalue weighted by molar-refractivity contribution is 0.0294. The number of amides is 1. The highest BCUT2D eigenvalue weighted by molar-refractivity contribution is 5.91. The second-order valence-electron chi connectivity index (χ2n) is 5.98. The van der Waals surface area contributed by atoms with Gasteiger partial charge in [-0.1, -0.05) is 0 Å². The van der Waals surface area contributed by atoms with Gasteiger partial charge in [0.25, 0.3) is 5.91 Å². The van der Waals surface area contributed by atoms with E-state index in [9.17, 15) is 4.79 Å². The van der Waals surface area contributed by atoms with Gasteiger partial charge in [-0.3, -0.25) is 4.79 Å². The largest absolute Gasteiger partial charge is 0.378 e. The number of nitrogens with zero attached hydrogens (tertiary/aromatic N) is 4. The lowest BCUT2D eigenvalue weighted by atomic mass is 10.2. The number of aryl methyl sites for hydroxylation is 1. The van der Waals surface area contributed by atoms with E-state index < -0.39 is 0 Å². The second-order valence-corrected chi connectivity index (χ2v) is 5.98. The highest BCUT2D eigenvalue weighted by Gasteiger charge is 2.26. The van der Waals surface area contributed by atoms with Crippen molar-refractivity contribution in [3.05, 3.63) is 17.1 Å². The maximum Gasteiger partial charge on any atom is 0.291 e. The molecule has 0 saturated carbocycles. The van der Waals surface area contributed by atoms with Gasteiger partial charge in [0, 0.05) is 43.5 Å². The summed E-state index contributed by atoms with van der Waals surface area (Å²) in [5.74, 6) is 1.01. The van der Waals surface area contributed by atoms with E-state index in [0.717, 1.165) is 36.6 Å². The molecule has 1 amide bonds. The standard InChI is InChI=1S/C15H23N5O2/c1-10-11(2)17-13(15(21)19-5-7-22-8-6-19)18-14(10)20-4-3-12(16)9-20/h12H,3-9,16H2,1-2H3/t12-/m1/s1. The van der Waals surface area contributed by atoms with Crippen LogP contribution in [0.2, 0.25) is 0 Å². The van der Waals surface area contributed by atoms with E-state index in [2.05, 4.69) is 14.9 Å². The molecule has 0 spiro atoms. The van der Waals surface area contributed by atoms with Gasteiger partial charge in [-0.15, -0.1) is 0 Å². The summed E-state index contributed by atoms with van der Waals surface area (Å²) in [6, 6.07) is 0.174. The smallest absolute Gasteiger partial charge is 0.291 e. The minimum absolute atomic E-state index is 0.115. The molecule has 0 radical (unpaired) electrons. The van der Waals surface area contributed by atoms with Crippen molar-refractivity contribution in [3.8, 4) is 0 Å². The Morgan fingerprint density at radius 3 is 2.59 bits per heavy atom. The van der Waals surface area contributed by atoms with Crippen LogP contribution in [-0.2, 0) is 4.74 Å². The van der Waals surface area contributed by atoms with Crippen LogP contribution in [0.3, 0.4) is 0 Å². The van der Waals surface area contributed by atoms with Gasteiger partial charge >= 0.3 is 0 Å². The number of rotatable bonds is 2. The average molecular weight is 305 g/mol. The number of hydrogen-bond donors (Lipinski definition) is 1. The molecule has 1 aromatic heterocycles. The fourth-order valence-electron chi connectivity index (χ4n) is 2.90. The van der Waals surface area contributed by atoms with Crippen LogP contribution in [0, 0.1) is 13.8 Å².